The predicted octanol–water partition coefficient (Wildman–Crippen LogP) is 1.07. The summed E-state index contributed by atoms with van der Waals surface area (Å²) in [7, 11) is 0. The van der Waals surface area contributed by atoms with E-state index in [1.165, 1.54) is 0 Å². The van der Waals surface area contributed by atoms with Gasteiger partial charge in [-0.1, -0.05) is 0 Å². The molecule has 1 aromatic rings. The van der Waals surface area contributed by atoms with Gasteiger partial charge in [0.2, 0.25) is 0 Å². The maximum atomic E-state index is 9.11. The molecule has 1 aromatic carbocycles. The SMILES string of the molecule is Oc1cc2c(cc1O)NCC2. The van der Waals surface area contributed by atoms with E-state index in [1.807, 2.05) is 0 Å². The van der Waals surface area contributed by atoms with Crippen molar-refractivity contribution >= 4 is 5.69 Å². The van der Waals surface area contributed by atoms with Crippen LogP contribution in [0.2, 0.25) is 0 Å². The smallest absolute Gasteiger partial charge is 0.159 e. The minimum atomic E-state index is -0.0573. The van der Waals surface area contributed by atoms with Crippen molar-refractivity contribution in [2.24, 2.45) is 0 Å². The molecule has 0 radical (unpaired) electrons. The molecule has 0 bridgehead atoms. The van der Waals surface area contributed by atoms with Crippen LogP contribution in [0.4, 0.5) is 5.69 Å². The molecule has 3 heteroatoms. The van der Waals surface area contributed by atoms with Crippen LogP contribution in [0.15, 0.2) is 12.1 Å². The summed E-state index contributed by atoms with van der Waals surface area (Å²) < 4.78 is 0. The van der Waals surface area contributed by atoms with Gasteiger partial charge in [0.15, 0.2) is 11.5 Å². The summed E-state index contributed by atoms with van der Waals surface area (Å²) in [5, 5.41) is 21.3. The van der Waals surface area contributed by atoms with Gasteiger partial charge in [0.1, 0.15) is 0 Å². The summed E-state index contributed by atoms with van der Waals surface area (Å²) in [6, 6.07) is 3.16. The highest BCUT2D eigenvalue weighted by Crippen LogP contribution is 2.33. The molecule has 1 heterocycles. The standard InChI is InChI=1S/C8H9NO2/c10-7-3-5-1-2-9-6(5)4-8(7)11/h3-4,9-11H,1-2H2. The maximum absolute atomic E-state index is 9.11. The van der Waals surface area contributed by atoms with E-state index < -0.39 is 0 Å². The second-order valence-electron chi connectivity index (χ2n) is 2.67. The van der Waals surface area contributed by atoms with Crippen molar-refractivity contribution in [3.63, 3.8) is 0 Å². The molecule has 3 nitrogen and oxygen atoms in total. The zero-order valence-corrected chi connectivity index (χ0v) is 5.96. The minimum Gasteiger partial charge on any atom is -0.504 e. The third-order valence-electron chi connectivity index (χ3n) is 1.91. The van der Waals surface area contributed by atoms with E-state index >= 15 is 0 Å². The second-order valence-corrected chi connectivity index (χ2v) is 2.67. The Morgan fingerprint density at radius 2 is 1.91 bits per heavy atom. The lowest BCUT2D eigenvalue weighted by Gasteiger charge is -2.01. The molecule has 0 amide bonds. The largest absolute Gasteiger partial charge is 0.504 e. The summed E-state index contributed by atoms with van der Waals surface area (Å²) in [5.41, 5.74) is 2.00. The number of rotatable bonds is 0. The summed E-state index contributed by atoms with van der Waals surface area (Å²) in [5.74, 6) is -0.0920. The summed E-state index contributed by atoms with van der Waals surface area (Å²) in [4.78, 5) is 0. The molecule has 0 aromatic heterocycles. The number of aromatic hydroxyl groups is 2. The Kier molecular flexibility index (Phi) is 1.18. The average Bonchev–Trinajstić information content (AvgIpc) is 2.36. The van der Waals surface area contributed by atoms with Crippen LogP contribution in [0.1, 0.15) is 5.56 Å². The number of fused-ring (bicyclic) bond motifs is 1. The number of hydrogen-bond donors (Lipinski definition) is 3. The molecule has 0 unspecified atom stereocenters. The molecule has 0 spiro atoms. The molecule has 0 fully saturated rings. The fraction of sp³-hybridized carbons (Fsp3) is 0.250. The van der Waals surface area contributed by atoms with E-state index in [-0.39, 0.29) is 11.5 Å². The topological polar surface area (TPSA) is 52.5 Å². The average molecular weight is 151 g/mol. The molecule has 0 saturated carbocycles. The summed E-state index contributed by atoms with van der Waals surface area (Å²) >= 11 is 0. The van der Waals surface area contributed by atoms with Gasteiger partial charge in [0.25, 0.3) is 0 Å². The Balaban J connectivity index is 2.57. The normalized spacial score (nSPS) is 14.2. The van der Waals surface area contributed by atoms with Gasteiger partial charge in [-0.05, 0) is 18.1 Å². The Bertz CT molecular complexity index is 267. The highest BCUT2D eigenvalue weighted by atomic mass is 16.3. The van der Waals surface area contributed by atoms with Crippen LogP contribution in [0.5, 0.6) is 11.5 Å². The molecule has 58 valence electrons. The highest BCUT2D eigenvalue weighted by Gasteiger charge is 2.12. The van der Waals surface area contributed by atoms with E-state index in [0.29, 0.717) is 0 Å². The number of anilines is 1. The van der Waals surface area contributed by atoms with Crippen molar-refractivity contribution in [2.75, 3.05) is 11.9 Å². The molecular formula is C8H9NO2. The molecule has 2 rings (SSSR count). The van der Waals surface area contributed by atoms with Crippen LogP contribution in [0.3, 0.4) is 0 Å². The van der Waals surface area contributed by atoms with Crippen molar-refractivity contribution < 1.29 is 10.2 Å². The molecule has 0 atom stereocenters. The first-order valence-electron chi connectivity index (χ1n) is 3.56. The lowest BCUT2D eigenvalue weighted by atomic mass is 10.1. The predicted molar refractivity (Wildman–Crippen MR) is 42.0 cm³/mol. The summed E-state index contributed by atoms with van der Waals surface area (Å²) in [6.45, 7) is 0.887. The molecule has 0 saturated heterocycles. The minimum absolute atomic E-state index is 0.0348. The van der Waals surface area contributed by atoms with E-state index in [1.54, 1.807) is 12.1 Å². The van der Waals surface area contributed by atoms with Gasteiger partial charge in [-0.15, -0.1) is 0 Å². The molecule has 1 aliphatic heterocycles. The van der Waals surface area contributed by atoms with Crippen molar-refractivity contribution in [2.45, 2.75) is 6.42 Å². The Morgan fingerprint density at radius 3 is 2.73 bits per heavy atom. The van der Waals surface area contributed by atoms with E-state index in [2.05, 4.69) is 5.32 Å². The summed E-state index contributed by atoms with van der Waals surface area (Å²) in [6.07, 6.45) is 0.920. The van der Waals surface area contributed by atoms with Crippen molar-refractivity contribution in [1.82, 2.24) is 0 Å². The van der Waals surface area contributed by atoms with Crippen LogP contribution in [0, 0.1) is 0 Å². The number of phenolic OH excluding ortho intramolecular Hbond substituents is 2. The lowest BCUT2D eigenvalue weighted by molar-refractivity contribution is 0.403. The molecule has 0 aliphatic carbocycles. The maximum Gasteiger partial charge on any atom is 0.159 e. The first-order chi connectivity index (χ1) is 5.27. The third-order valence-corrected chi connectivity index (χ3v) is 1.91. The molecule has 11 heavy (non-hydrogen) atoms. The highest BCUT2D eigenvalue weighted by molar-refractivity contribution is 5.62. The fourth-order valence-corrected chi connectivity index (χ4v) is 1.32. The first kappa shape index (κ1) is 6.34. The molecular weight excluding hydrogens is 142 g/mol. The number of benzene rings is 1. The zero-order chi connectivity index (χ0) is 7.84. The van der Waals surface area contributed by atoms with Crippen molar-refractivity contribution in [3.8, 4) is 11.5 Å². The van der Waals surface area contributed by atoms with Gasteiger partial charge in [-0.25, -0.2) is 0 Å². The number of hydrogen-bond acceptors (Lipinski definition) is 3. The molecule has 3 N–H and O–H groups in total. The Hall–Kier alpha value is -1.38. The van der Waals surface area contributed by atoms with Gasteiger partial charge in [0.05, 0.1) is 0 Å². The van der Waals surface area contributed by atoms with Gasteiger partial charge in [0, 0.05) is 18.3 Å². The number of nitrogens with one attached hydrogen (secondary N) is 1. The first-order valence-corrected chi connectivity index (χ1v) is 3.56. The van der Waals surface area contributed by atoms with Crippen LogP contribution in [0.25, 0.3) is 0 Å². The van der Waals surface area contributed by atoms with Crippen molar-refractivity contribution in [1.29, 1.82) is 0 Å². The van der Waals surface area contributed by atoms with Gasteiger partial charge >= 0.3 is 0 Å². The van der Waals surface area contributed by atoms with E-state index in [4.69, 9.17) is 10.2 Å². The third kappa shape index (κ3) is 0.888. The van der Waals surface area contributed by atoms with Gasteiger partial charge < -0.3 is 15.5 Å². The van der Waals surface area contributed by atoms with E-state index in [9.17, 15) is 0 Å². The van der Waals surface area contributed by atoms with Crippen LogP contribution >= 0.6 is 0 Å². The van der Waals surface area contributed by atoms with E-state index in [0.717, 1.165) is 24.2 Å². The van der Waals surface area contributed by atoms with Crippen molar-refractivity contribution in [3.05, 3.63) is 17.7 Å². The zero-order valence-electron chi connectivity index (χ0n) is 5.96. The Morgan fingerprint density at radius 1 is 1.18 bits per heavy atom. The van der Waals surface area contributed by atoms with Crippen LogP contribution in [-0.2, 0) is 6.42 Å². The fourth-order valence-electron chi connectivity index (χ4n) is 1.32. The molecule has 1 aliphatic rings. The quantitative estimate of drug-likeness (QED) is 0.384. The van der Waals surface area contributed by atoms with Crippen LogP contribution < -0.4 is 5.32 Å². The Labute approximate surface area is 64.3 Å². The van der Waals surface area contributed by atoms with Crippen LogP contribution in [-0.4, -0.2) is 16.8 Å². The second kappa shape index (κ2) is 2.05. The van der Waals surface area contributed by atoms with Gasteiger partial charge in [-0.3, -0.25) is 0 Å². The van der Waals surface area contributed by atoms with Gasteiger partial charge in [-0.2, -0.15) is 0 Å². The lowest BCUT2D eigenvalue weighted by Crippen LogP contribution is -1.90. The number of phenols is 2. The monoisotopic (exact) mass is 151 g/mol.